The summed E-state index contributed by atoms with van der Waals surface area (Å²) >= 11 is 0. The fourth-order valence-corrected chi connectivity index (χ4v) is 5.24. The lowest BCUT2D eigenvalue weighted by Crippen LogP contribution is -2.53. The number of hydrogen-bond acceptors (Lipinski definition) is 2. The third kappa shape index (κ3) is 2.74. The summed E-state index contributed by atoms with van der Waals surface area (Å²) in [6.45, 7) is 3.22. The smallest absolute Gasteiger partial charge is 0.260 e. The fourth-order valence-electron chi connectivity index (χ4n) is 5.24. The molecule has 0 N–H and O–H groups in total. The molecule has 2 saturated heterocycles. The number of hydrogen-bond donors (Lipinski definition) is 0. The Bertz CT molecular complexity index is 517. The minimum atomic E-state index is -1.56. The van der Waals surface area contributed by atoms with E-state index in [9.17, 15) is 14.0 Å². The van der Waals surface area contributed by atoms with Crippen LogP contribution in [0.15, 0.2) is 0 Å². The highest BCUT2D eigenvalue weighted by Crippen LogP contribution is 2.50. The standard InChI is InChI=1S/C19H29FN2O2/c20-19(5-3-6-19)17(24)22-12-8-18(9-13-22)7-4-15(14-18)16(23)21-10-1-2-11-21/h15H,1-14H2. The van der Waals surface area contributed by atoms with Gasteiger partial charge in [0.15, 0.2) is 5.67 Å². The van der Waals surface area contributed by atoms with Gasteiger partial charge in [-0.15, -0.1) is 0 Å². The third-order valence-electron chi connectivity index (χ3n) is 7.11. The minimum Gasteiger partial charge on any atom is -0.342 e. The first-order valence-electron chi connectivity index (χ1n) is 9.79. The molecule has 0 radical (unpaired) electrons. The van der Waals surface area contributed by atoms with Crippen LogP contribution >= 0.6 is 0 Å². The van der Waals surface area contributed by atoms with Crippen LogP contribution in [0.2, 0.25) is 0 Å². The van der Waals surface area contributed by atoms with Crippen molar-refractivity contribution in [3.05, 3.63) is 0 Å². The maximum atomic E-state index is 14.4. The topological polar surface area (TPSA) is 40.6 Å². The van der Waals surface area contributed by atoms with Gasteiger partial charge in [-0.05, 0) is 69.6 Å². The molecule has 1 spiro atoms. The molecule has 4 aliphatic rings. The summed E-state index contributed by atoms with van der Waals surface area (Å²) in [5.41, 5.74) is -1.34. The van der Waals surface area contributed by atoms with Gasteiger partial charge in [0.05, 0.1) is 0 Å². The quantitative estimate of drug-likeness (QED) is 0.778. The molecule has 1 atom stereocenters. The van der Waals surface area contributed by atoms with Crippen LogP contribution in [0.1, 0.15) is 64.2 Å². The largest absolute Gasteiger partial charge is 0.342 e. The molecule has 2 aliphatic carbocycles. The van der Waals surface area contributed by atoms with Gasteiger partial charge in [0.25, 0.3) is 5.91 Å². The molecular formula is C19H29FN2O2. The molecule has 4 fully saturated rings. The van der Waals surface area contributed by atoms with Crippen molar-refractivity contribution < 1.29 is 14.0 Å². The van der Waals surface area contributed by atoms with E-state index in [0.717, 1.165) is 64.5 Å². The van der Waals surface area contributed by atoms with E-state index in [2.05, 4.69) is 0 Å². The second-order valence-electron chi connectivity index (χ2n) is 8.58. The van der Waals surface area contributed by atoms with Crippen LogP contribution in [0.5, 0.6) is 0 Å². The fraction of sp³-hybridized carbons (Fsp3) is 0.895. The Hall–Kier alpha value is -1.13. The molecule has 0 aromatic carbocycles. The van der Waals surface area contributed by atoms with E-state index in [0.29, 0.717) is 31.8 Å². The summed E-state index contributed by atoms with van der Waals surface area (Å²) < 4.78 is 14.4. The van der Waals surface area contributed by atoms with Gasteiger partial charge in [0, 0.05) is 32.1 Å². The number of nitrogens with zero attached hydrogens (tertiary/aromatic N) is 2. The van der Waals surface area contributed by atoms with E-state index >= 15 is 0 Å². The maximum Gasteiger partial charge on any atom is 0.260 e. The number of halogens is 1. The number of carbonyl (C=O) groups is 2. The molecule has 4 rings (SSSR count). The highest BCUT2D eigenvalue weighted by molar-refractivity contribution is 5.86. The number of piperidine rings is 1. The van der Waals surface area contributed by atoms with Crippen molar-refractivity contribution in [2.45, 2.75) is 69.9 Å². The van der Waals surface area contributed by atoms with Crippen LogP contribution in [0.25, 0.3) is 0 Å². The second-order valence-corrected chi connectivity index (χ2v) is 8.58. The number of alkyl halides is 1. The van der Waals surface area contributed by atoms with Gasteiger partial charge >= 0.3 is 0 Å². The monoisotopic (exact) mass is 336 g/mol. The summed E-state index contributed by atoms with van der Waals surface area (Å²) in [5, 5.41) is 0. The first-order valence-corrected chi connectivity index (χ1v) is 9.79. The normalized spacial score (nSPS) is 31.3. The zero-order chi connectivity index (χ0) is 16.8. The van der Waals surface area contributed by atoms with Gasteiger partial charge < -0.3 is 9.80 Å². The zero-order valence-electron chi connectivity index (χ0n) is 14.6. The number of rotatable bonds is 2. The highest BCUT2D eigenvalue weighted by Gasteiger charge is 2.50. The lowest BCUT2D eigenvalue weighted by Gasteiger charge is -2.43. The van der Waals surface area contributed by atoms with Crippen molar-refractivity contribution in [3.63, 3.8) is 0 Å². The van der Waals surface area contributed by atoms with E-state index < -0.39 is 5.67 Å². The zero-order valence-corrected chi connectivity index (χ0v) is 14.6. The molecule has 1 unspecified atom stereocenters. The number of likely N-dealkylation sites (tertiary alicyclic amines) is 2. The SMILES string of the molecule is O=C(C1CCC2(CCN(C(=O)C3(F)CCC3)CC2)C1)N1CCCC1. The average molecular weight is 336 g/mol. The maximum absolute atomic E-state index is 14.4. The Kier molecular flexibility index (Phi) is 4.08. The van der Waals surface area contributed by atoms with Crippen LogP contribution in [0.4, 0.5) is 4.39 Å². The molecule has 2 aliphatic heterocycles. The van der Waals surface area contributed by atoms with Gasteiger partial charge in [-0.25, -0.2) is 4.39 Å². The van der Waals surface area contributed by atoms with Crippen molar-refractivity contribution in [1.82, 2.24) is 9.80 Å². The van der Waals surface area contributed by atoms with Gasteiger partial charge in [-0.1, -0.05) is 0 Å². The average Bonchev–Trinajstić information content (AvgIpc) is 3.23. The lowest BCUT2D eigenvalue weighted by molar-refractivity contribution is -0.152. The van der Waals surface area contributed by atoms with Crippen molar-refractivity contribution in [1.29, 1.82) is 0 Å². The Balaban J connectivity index is 1.32. The Morgan fingerprint density at radius 1 is 0.833 bits per heavy atom. The predicted molar refractivity (Wildman–Crippen MR) is 89.1 cm³/mol. The molecule has 0 bridgehead atoms. The van der Waals surface area contributed by atoms with Crippen molar-refractivity contribution >= 4 is 11.8 Å². The number of carbonyl (C=O) groups excluding carboxylic acids is 2. The van der Waals surface area contributed by atoms with Gasteiger partial charge in [-0.2, -0.15) is 0 Å². The molecular weight excluding hydrogens is 307 g/mol. The van der Waals surface area contributed by atoms with Gasteiger partial charge in [0.2, 0.25) is 5.91 Å². The first kappa shape index (κ1) is 16.3. The first-order chi connectivity index (χ1) is 11.5. The van der Waals surface area contributed by atoms with Crippen molar-refractivity contribution in [3.8, 4) is 0 Å². The van der Waals surface area contributed by atoms with E-state index in [-0.39, 0.29) is 17.2 Å². The predicted octanol–water partition coefficient (Wildman–Crippen LogP) is 2.91. The summed E-state index contributed by atoms with van der Waals surface area (Å²) in [4.78, 5) is 28.8. The molecule has 2 saturated carbocycles. The van der Waals surface area contributed by atoms with Crippen molar-refractivity contribution in [2.24, 2.45) is 11.3 Å². The molecule has 2 heterocycles. The molecule has 24 heavy (non-hydrogen) atoms. The Morgan fingerprint density at radius 3 is 2.08 bits per heavy atom. The van der Waals surface area contributed by atoms with E-state index in [1.54, 1.807) is 4.90 Å². The molecule has 134 valence electrons. The molecule has 0 aromatic rings. The summed E-state index contributed by atoms with van der Waals surface area (Å²) in [6, 6.07) is 0. The van der Waals surface area contributed by atoms with Crippen molar-refractivity contribution in [2.75, 3.05) is 26.2 Å². The summed E-state index contributed by atoms with van der Waals surface area (Å²) in [7, 11) is 0. The Labute approximate surface area is 143 Å². The molecule has 5 heteroatoms. The lowest BCUT2D eigenvalue weighted by atomic mass is 9.75. The minimum absolute atomic E-state index is 0.185. The third-order valence-corrected chi connectivity index (χ3v) is 7.11. The van der Waals surface area contributed by atoms with Crippen LogP contribution in [-0.2, 0) is 9.59 Å². The second kappa shape index (κ2) is 5.99. The Morgan fingerprint density at radius 2 is 1.50 bits per heavy atom. The van der Waals surface area contributed by atoms with Gasteiger partial charge in [-0.3, -0.25) is 9.59 Å². The van der Waals surface area contributed by atoms with Crippen LogP contribution in [0, 0.1) is 11.3 Å². The molecule has 0 aromatic heterocycles. The summed E-state index contributed by atoms with van der Waals surface area (Å²) in [6.07, 6.45) is 8.89. The van der Waals surface area contributed by atoms with E-state index in [1.807, 2.05) is 4.90 Å². The number of amides is 2. The van der Waals surface area contributed by atoms with E-state index in [4.69, 9.17) is 0 Å². The van der Waals surface area contributed by atoms with E-state index in [1.165, 1.54) is 0 Å². The van der Waals surface area contributed by atoms with Crippen LogP contribution < -0.4 is 0 Å². The van der Waals surface area contributed by atoms with Crippen LogP contribution in [-0.4, -0.2) is 53.5 Å². The summed E-state index contributed by atoms with van der Waals surface area (Å²) in [5.74, 6) is 0.274. The highest BCUT2D eigenvalue weighted by atomic mass is 19.1. The molecule has 2 amide bonds. The van der Waals surface area contributed by atoms with Crippen LogP contribution in [0.3, 0.4) is 0 Å². The van der Waals surface area contributed by atoms with Gasteiger partial charge in [0.1, 0.15) is 0 Å². The molecule has 4 nitrogen and oxygen atoms in total.